The number of hydrogen-bond donors (Lipinski definition) is 0. The molecule has 1 saturated carbocycles. The fourth-order valence-electron chi connectivity index (χ4n) is 3.52. The van der Waals surface area contributed by atoms with Gasteiger partial charge in [0, 0.05) is 44.7 Å². The number of amides is 1. The minimum Gasteiger partial charge on any atom is -0.349 e. The topological polar surface area (TPSA) is 49.3 Å². The number of nitrogens with zero attached hydrogens (tertiary/aromatic N) is 4. The van der Waals surface area contributed by atoms with Gasteiger partial charge in [-0.1, -0.05) is 11.6 Å². The number of fused-ring (bicyclic) bond motifs is 1. The number of carbonyl (C=O) groups is 1. The van der Waals surface area contributed by atoms with Crippen LogP contribution in [0.25, 0.3) is 0 Å². The molecule has 3 rings (SSSR count). The van der Waals surface area contributed by atoms with Crippen LogP contribution in [0.4, 0.5) is 0 Å². The summed E-state index contributed by atoms with van der Waals surface area (Å²) >= 11 is 12.0. The summed E-state index contributed by atoms with van der Waals surface area (Å²) in [5.41, 5.74) is 1.94. The molecular formula is C15H20Cl2N4O. The van der Waals surface area contributed by atoms with Gasteiger partial charge in [-0.05, 0) is 37.3 Å². The zero-order valence-corrected chi connectivity index (χ0v) is 14.4. The second-order valence-corrected chi connectivity index (χ2v) is 7.05. The highest BCUT2D eigenvalue weighted by atomic mass is 35.5. The highest BCUT2D eigenvalue weighted by Gasteiger charge is 2.34. The smallest absolute Gasteiger partial charge is 0.225 e. The average Bonchev–Trinajstić information content (AvgIpc) is 2.90. The molecule has 7 heteroatoms. The Labute approximate surface area is 140 Å². The predicted molar refractivity (Wildman–Crippen MR) is 85.7 cm³/mol. The van der Waals surface area contributed by atoms with E-state index in [1.165, 1.54) is 0 Å². The molecule has 0 radical (unpaired) electrons. The lowest BCUT2D eigenvalue weighted by Crippen LogP contribution is -2.38. The van der Waals surface area contributed by atoms with E-state index in [9.17, 15) is 4.79 Å². The van der Waals surface area contributed by atoms with Crippen molar-refractivity contribution in [1.29, 1.82) is 0 Å². The Hall–Kier alpha value is -0.910. The van der Waals surface area contributed by atoms with Crippen LogP contribution in [0.5, 0.6) is 0 Å². The van der Waals surface area contributed by atoms with E-state index in [4.69, 9.17) is 23.2 Å². The Morgan fingerprint density at radius 3 is 2.45 bits per heavy atom. The first-order valence-corrected chi connectivity index (χ1v) is 8.37. The van der Waals surface area contributed by atoms with Crippen molar-refractivity contribution in [3.05, 3.63) is 21.7 Å². The van der Waals surface area contributed by atoms with Crippen LogP contribution in [0.3, 0.4) is 0 Å². The van der Waals surface area contributed by atoms with Crippen molar-refractivity contribution in [3.8, 4) is 0 Å². The third kappa shape index (κ3) is 3.07. The molecule has 2 heterocycles. The molecule has 0 unspecified atom stereocenters. The van der Waals surface area contributed by atoms with Crippen LogP contribution in [0, 0.1) is 5.92 Å². The Kier molecular flexibility index (Phi) is 4.57. The summed E-state index contributed by atoms with van der Waals surface area (Å²) in [5.74, 6) is 0.429. The summed E-state index contributed by atoms with van der Waals surface area (Å²) in [6.07, 6.45) is 3.98. The summed E-state index contributed by atoms with van der Waals surface area (Å²) < 4.78 is 0. The average molecular weight is 343 g/mol. The van der Waals surface area contributed by atoms with Gasteiger partial charge in [-0.3, -0.25) is 9.69 Å². The summed E-state index contributed by atoms with van der Waals surface area (Å²) in [6.45, 7) is 1.55. The van der Waals surface area contributed by atoms with Gasteiger partial charge in [0.2, 0.25) is 11.2 Å². The molecule has 0 N–H and O–H groups in total. The highest BCUT2D eigenvalue weighted by Crippen LogP contribution is 2.35. The molecule has 0 bridgehead atoms. The van der Waals surface area contributed by atoms with E-state index in [-0.39, 0.29) is 17.1 Å². The first-order valence-electron chi connectivity index (χ1n) is 7.61. The minimum atomic E-state index is 0.175. The van der Waals surface area contributed by atoms with E-state index in [1.807, 2.05) is 14.1 Å². The van der Waals surface area contributed by atoms with Crippen LogP contribution in [0.15, 0.2) is 0 Å². The summed E-state index contributed by atoms with van der Waals surface area (Å²) in [6, 6.07) is 0.482. The SMILES string of the molecule is CN(C)C(=O)C1CCC(N2Cc3nc(Cl)nc(Cl)c3C2)CC1. The molecule has 120 valence electrons. The third-order valence-electron chi connectivity index (χ3n) is 4.73. The minimum absolute atomic E-state index is 0.175. The summed E-state index contributed by atoms with van der Waals surface area (Å²) in [5, 5.41) is 0.680. The molecule has 1 aliphatic heterocycles. The van der Waals surface area contributed by atoms with E-state index in [0.717, 1.165) is 50.0 Å². The molecule has 5 nitrogen and oxygen atoms in total. The van der Waals surface area contributed by atoms with Gasteiger partial charge in [0.25, 0.3) is 0 Å². The number of hydrogen-bond acceptors (Lipinski definition) is 4. The van der Waals surface area contributed by atoms with Crippen LogP contribution in [-0.4, -0.2) is 45.8 Å². The normalized spacial score (nSPS) is 25.1. The van der Waals surface area contributed by atoms with Crippen LogP contribution < -0.4 is 0 Å². The van der Waals surface area contributed by atoms with Crippen LogP contribution in [0.1, 0.15) is 36.9 Å². The first kappa shape index (κ1) is 16.0. The van der Waals surface area contributed by atoms with Crippen LogP contribution in [0.2, 0.25) is 10.4 Å². The molecule has 0 aromatic carbocycles. The number of halogens is 2. The van der Waals surface area contributed by atoms with E-state index in [2.05, 4.69) is 14.9 Å². The maximum absolute atomic E-state index is 12.0. The van der Waals surface area contributed by atoms with Crippen molar-refractivity contribution in [2.24, 2.45) is 5.92 Å². The fourth-order valence-corrected chi connectivity index (χ4v) is 4.00. The lowest BCUT2D eigenvalue weighted by Gasteiger charge is -2.34. The molecule has 0 spiro atoms. The zero-order valence-electron chi connectivity index (χ0n) is 12.9. The van der Waals surface area contributed by atoms with E-state index < -0.39 is 0 Å². The van der Waals surface area contributed by atoms with Crippen LogP contribution in [-0.2, 0) is 17.9 Å². The first-order chi connectivity index (χ1) is 10.5. The van der Waals surface area contributed by atoms with Crippen molar-refractivity contribution in [1.82, 2.24) is 19.8 Å². The molecule has 1 amide bonds. The molecule has 1 fully saturated rings. The monoisotopic (exact) mass is 342 g/mol. The molecule has 22 heavy (non-hydrogen) atoms. The molecule has 1 aromatic heterocycles. The lowest BCUT2D eigenvalue weighted by atomic mass is 9.84. The molecule has 0 atom stereocenters. The van der Waals surface area contributed by atoms with E-state index in [1.54, 1.807) is 4.90 Å². The molecule has 1 aromatic rings. The Balaban J connectivity index is 1.62. The summed E-state index contributed by atoms with van der Waals surface area (Å²) in [7, 11) is 3.66. The zero-order chi connectivity index (χ0) is 15.9. The van der Waals surface area contributed by atoms with Crippen molar-refractivity contribution in [2.45, 2.75) is 44.8 Å². The molecule has 2 aliphatic rings. The van der Waals surface area contributed by atoms with E-state index >= 15 is 0 Å². The Morgan fingerprint density at radius 2 is 1.82 bits per heavy atom. The second kappa shape index (κ2) is 6.30. The Bertz CT molecular complexity index is 585. The largest absolute Gasteiger partial charge is 0.349 e. The van der Waals surface area contributed by atoms with Crippen molar-refractivity contribution >= 4 is 29.1 Å². The molecule has 1 aliphatic carbocycles. The number of carbonyl (C=O) groups excluding carboxylic acids is 1. The quantitative estimate of drug-likeness (QED) is 0.612. The predicted octanol–water partition coefficient (Wildman–Crippen LogP) is 2.75. The second-order valence-electron chi connectivity index (χ2n) is 6.35. The van der Waals surface area contributed by atoms with Gasteiger partial charge in [0.05, 0.1) is 5.69 Å². The van der Waals surface area contributed by atoms with Crippen molar-refractivity contribution in [2.75, 3.05) is 14.1 Å². The Morgan fingerprint density at radius 1 is 1.14 bits per heavy atom. The van der Waals surface area contributed by atoms with Gasteiger partial charge in [-0.2, -0.15) is 0 Å². The highest BCUT2D eigenvalue weighted by molar-refractivity contribution is 6.32. The fraction of sp³-hybridized carbons (Fsp3) is 0.667. The van der Waals surface area contributed by atoms with Gasteiger partial charge in [0.15, 0.2) is 0 Å². The van der Waals surface area contributed by atoms with Crippen LogP contribution >= 0.6 is 23.2 Å². The number of aromatic nitrogens is 2. The van der Waals surface area contributed by atoms with Gasteiger partial charge >= 0.3 is 0 Å². The van der Waals surface area contributed by atoms with Crippen molar-refractivity contribution in [3.63, 3.8) is 0 Å². The van der Waals surface area contributed by atoms with Gasteiger partial charge in [-0.15, -0.1) is 0 Å². The van der Waals surface area contributed by atoms with Gasteiger partial charge in [0.1, 0.15) is 5.15 Å². The standard InChI is InChI=1S/C15H20Cl2N4O/c1-20(2)14(22)9-3-5-10(6-4-9)21-7-11-12(8-21)18-15(17)19-13(11)16/h9-10H,3-8H2,1-2H3. The summed E-state index contributed by atoms with van der Waals surface area (Å²) in [4.78, 5) is 24.5. The molecule has 0 saturated heterocycles. The maximum Gasteiger partial charge on any atom is 0.225 e. The van der Waals surface area contributed by atoms with Gasteiger partial charge < -0.3 is 4.90 Å². The molecular weight excluding hydrogens is 323 g/mol. The maximum atomic E-state index is 12.0. The van der Waals surface area contributed by atoms with Crippen molar-refractivity contribution < 1.29 is 4.79 Å². The lowest BCUT2D eigenvalue weighted by molar-refractivity contribution is -0.134. The van der Waals surface area contributed by atoms with E-state index in [0.29, 0.717) is 11.2 Å². The number of rotatable bonds is 2. The van der Waals surface area contributed by atoms with Gasteiger partial charge in [-0.25, -0.2) is 9.97 Å². The third-order valence-corrected chi connectivity index (χ3v) is 5.21.